The molecular formula is C14H12N4O6S. The van der Waals surface area contributed by atoms with Crippen molar-refractivity contribution in [3.8, 4) is 5.88 Å². The highest BCUT2D eigenvalue weighted by Crippen LogP contribution is 2.24. The van der Waals surface area contributed by atoms with Gasteiger partial charge in [0.25, 0.3) is 5.56 Å². The number of ether oxygens (including phenoxy) is 2. The fourth-order valence-electron chi connectivity index (χ4n) is 1.81. The lowest BCUT2D eigenvalue weighted by atomic mass is 10.1. The van der Waals surface area contributed by atoms with Crippen LogP contribution < -0.4 is 5.56 Å². The fraction of sp³-hybridized carbons (Fsp3) is 0.143. The summed E-state index contributed by atoms with van der Waals surface area (Å²) in [5.74, 6) is -1.98. The number of H-pyrrole nitrogens is 2. The molecule has 25 heavy (non-hydrogen) atoms. The Morgan fingerprint density at radius 3 is 2.08 bits per heavy atom. The van der Waals surface area contributed by atoms with Crippen molar-refractivity contribution in [3.05, 3.63) is 44.5 Å². The Kier molecular flexibility index (Phi) is 5.39. The number of hydrogen-bond acceptors (Lipinski definition) is 9. The molecule has 3 N–H and O–H groups in total. The second-order valence-corrected chi connectivity index (χ2v) is 4.97. The van der Waals surface area contributed by atoms with E-state index in [0.717, 1.165) is 0 Å². The maximum atomic E-state index is 11.7. The van der Waals surface area contributed by atoms with Gasteiger partial charge in [-0.2, -0.15) is 5.11 Å². The number of carbonyl (C=O) groups is 2. The summed E-state index contributed by atoms with van der Waals surface area (Å²) in [6.07, 6.45) is 0. The lowest BCUT2D eigenvalue weighted by molar-refractivity contribution is 0.0599. The lowest BCUT2D eigenvalue weighted by Crippen LogP contribution is -2.06. The van der Waals surface area contributed by atoms with E-state index in [1.54, 1.807) is 0 Å². The average Bonchev–Trinajstić information content (AvgIpc) is 2.59. The van der Waals surface area contributed by atoms with E-state index in [-0.39, 0.29) is 21.6 Å². The van der Waals surface area contributed by atoms with Crippen LogP contribution >= 0.6 is 12.2 Å². The fourth-order valence-corrected chi connectivity index (χ4v) is 2.00. The highest BCUT2D eigenvalue weighted by molar-refractivity contribution is 7.71. The molecule has 0 bridgehead atoms. The molecule has 0 saturated heterocycles. The van der Waals surface area contributed by atoms with Gasteiger partial charge in [-0.1, -0.05) is 0 Å². The summed E-state index contributed by atoms with van der Waals surface area (Å²) in [6, 6.07) is 3.84. The van der Waals surface area contributed by atoms with Crippen molar-refractivity contribution in [2.75, 3.05) is 14.2 Å². The van der Waals surface area contributed by atoms with Crippen LogP contribution in [-0.2, 0) is 9.47 Å². The molecule has 0 atom stereocenters. The van der Waals surface area contributed by atoms with Gasteiger partial charge in [0.2, 0.25) is 11.6 Å². The maximum absolute atomic E-state index is 11.7. The summed E-state index contributed by atoms with van der Waals surface area (Å²) in [7, 11) is 2.36. The predicted molar refractivity (Wildman–Crippen MR) is 87.2 cm³/mol. The van der Waals surface area contributed by atoms with E-state index in [4.69, 9.17) is 12.2 Å². The number of nitrogens with zero attached hydrogens (tertiary/aromatic N) is 2. The molecule has 0 saturated carbocycles. The second kappa shape index (κ2) is 7.49. The first-order valence-electron chi connectivity index (χ1n) is 6.64. The van der Waals surface area contributed by atoms with Crippen molar-refractivity contribution in [3.63, 3.8) is 0 Å². The van der Waals surface area contributed by atoms with Gasteiger partial charge in [-0.05, 0) is 30.4 Å². The minimum absolute atomic E-state index is 0.0324. The Bertz CT molecular complexity index is 944. The topological polar surface area (TPSA) is 146 Å². The van der Waals surface area contributed by atoms with E-state index in [1.807, 2.05) is 0 Å². The standard InChI is InChI=1S/C14H12N4O6S/c1-23-12(21)6-3-7(13(22)24-2)5-8(4-6)17-18-9-10(19)15-14(25)16-11(9)20/h3-5H,1-2H3,(H3,15,16,19,20,25). The highest BCUT2D eigenvalue weighted by atomic mass is 32.1. The molecular weight excluding hydrogens is 352 g/mol. The van der Waals surface area contributed by atoms with Crippen LogP contribution in [-0.4, -0.2) is 41.2 Å². The van der Waals surface area contributed by atoms with Gasteiger partial charge in [-0.3, -0.25) is 9.78 Å². The Hall–Kier alpha value is -3.34. The molecule has 0 amide bonds. The van der Waals surface area contributed by atoms with Gasteiger partial charge in [-0.15, -0.1) is 5.11 Å². The van der Waals surface area contributed by atoms with E-state index < -0.39 is 29.1 Å². The second-order valence-electron chi connectivity index (χ2n) is 4.56. The number of hydrogen-bond donors (Lipinski definition) is 3. The highest BCUT2D eigenvalue weighted by Gasteiger charge is 2.14. The van der Waals surface area contributed by atoms with Crippen molar-refractivity contribution in [1.29, 1.82) is 0 Å². The van der Waals surface area contributed by atoms with Gasteiger partial charge in [0.1, 0.15) is 0 Å². The van der Waals surface area contributed by atoms with Crippen LogP contribution in [0, 0.1) is 4.77 Å². The van der Waals surface area contributed by atoms with Crippen LogP contribution in [0.3, 0.4) is 0 Å². The van der Waals surface area contributed by atoms with Crippen molar-refractivity contribution in [2.24, 2.45) is 10.2 Å². The summed E-state index contributed by atoms with van der Waals surface area (Å²) < 4.78 is 9.12. The largest absolute Gasteiger partial charge is 0.493 e. The Morgan fingerprint density at radius 1 is 1.04 bits per heavy atom. The zero-order valence-corrected chi connectivity index (χ0v) is 13.8. The molecule has 0 unspecified atom stereocenters. The molecule has 11 heteroatoms. The number of carbonyl (C=O) groups excluding carboxylic acids is 2. The van der Waals surface area contributed by atoms with Crippen LogP contribution in [0.5, 0.6) is 5.88 Å². The SMILES string of the molecule is COC(=O)c1cc(N=Nc2c(O)[nH]c(=S)[nH]c2=O)cc(C(=O)OC)c1. The number of rotatable bonds is 4. The van der Waals surface area contributed by atoms with E-state index in [1.165, 1.54) is 32.4 Å². The quantitative estimate of drug-likeness (QED) is 0.428. The predicted octanol–water partition coefficient (Wildman–Crippen LogP) is 2.13. The van der Waals surface area contributed by atoms with E-state index >= 15 is 0 Å². The van der Waals surface area contributed by atoms with Crippen molar-refractivity contribution >= 4 is 35.5 Å². The molecule has 0 aliphatic rings. The van der Waals surface area contributed by atoms with Crippen LogP contribution in [0.1, 0.15) is 20.7 Å². The summed E-state index contributed by atoms with van der Waals surface area (Å²) in [6.45, 7) is 0. The molecule has 0 spiro atoms. The first-order valence-corrected chi connectivity index (χ1v) is 7.05. The molecule has 130 valence electrons. The van der Waals surface area contributed by atoms with Gasteiger partial charge < -0.3 is 19.6 Å². The van der Waals surface area contributed by atoms with Gasteiger partial charge in [0, 0.05) is 0 Å². The Balaban J connectivity index is 2.52. The third-order valence-electron chi connectivity index (χ3n) is 2.92. The normalized spacial score (nSPS) is 10.6. The summed E-state index contributed by atoms with van der Waals surface area (Å²) in [4.78, 5) is 39.6. The van der Waals surface area contributed by atoms with Crippen LogP contribution in [0.15, 0.2) is 33.2 Å². The smallest absolute Gasteiger partial charge is 0.337 e. The molecule has 0 fully saturated rings. The summed E-state index contributed by atoms with van der Waals surface area (Å²) in [5.41, 5.74) is -1.06. The van der Waals surface area contributed by atoms with Crippen LogP contribution in [0.25, 0.3) is 0 Å². The molecule has 0 radical (unpaired) electrons. The van der Waals surface area contributed by atoms with E-state index in [9.17, 15) is 19.5 Å². The number of methoxy groups -OCH3 is 2. The first-order chi connectivity index (χ1) is 11.8. The minimum Gasteiger partial charge on any atom is -0.493 e. The number of aromatic amines is 2. The molecule has 2 rings (SSSR count). The number of nitrogens with one attached hydrogen (secondary N) is 2. The van der Waals surface area contributed by atoms with Gasteiger partial charge in [0.05, 0.1) is 31.0 Å². The Morgan fingerprint density at radius 2 is 1.60 bits per heavy atom. The van der Waals surface area contributed by atoms with Crippen LogP contribution in [0.4, 0.5) is 11.4 Å². The van der Waals surface area contributed by atoms with Gasteiger partial charge >= 0.3 is 11.9 Å². The van der Waals surface area contributed by atoms with Crippen molar-refractivity contribution in [1.82, 2.24) is 9.97 Å². The zero-order chi connectivity index (χ0) is 18.6. The third kappa shape index (κ3) is 4.14. The first kappa shape index (κ1) is 18.0. The number of aromatic nitrogens is 2. The monoisotopic (exact) mass is 364 g/mol. The average molecular weight is 364 g/mol. The summed E-state index contributed by atoms with van der Waals surface area (Å²) >= 11 is 4.70. The number of azo groups is 1. The van der Waals surface area contributed by atoms with Crippen LogP contribution in [0.2, 0.25) is 0 Å². The number of benzene rings is 1. The molecule has 2 aromatic rings. The molecule has 1 aromatic carbocycles. The number of aromatic hydroxyl groups is 1. The maximum Gasteiger partial charge on any atom is 0.337 e. The van der Waals surface area contributed by atoms with E-state index in [2.05, 4.69) is 29.7 Å². The summed E-state index contributed by atoms with van der Waals surface area (Å²) in [5, 5.41) is 17.0. The molecule has 10 nitrogen and oxygen atoms in total. The molecule has 1 aromatic heterocycles. The van der Waals surface area contributed by atoms with E-state index in [0.29, 0.717) is 0 Å². The number of esters is 2. The zero-order valence-electron chi connectivity index (χ0n) is 13.0. The molecule has 0 aliphatic heterocycles. The minimum atomic E-state index is -0.762. The third-order valence-corrected chi connectivity index (χ3v) is 3.13. The molecule has 0 aliphatic carbocycles. The lowest BCUT2D eigenvalue weighted by Gasteiger charge is -2.04. The molecule has 1 heterocycles. The van der Waals surface area contributed by atoms with Gasteiger partial charge in [-0.25, -0.2) is 9.59 Å². The Labute approximate surface area is 145 Å². The van der Waals surface area contributed by atoms with Crippen molar-refractivity contribution in [2.45, 2.75) is 0 Å². The van der Waals surface area contributed by atoms with Crippen molar-refractivity contribution < 1.29 is 24.2 Å². The van der Waals surface area contributed by atoms with Gasteiger partial charge in [0.15, 0.2) is 4.77 Å².